The minimum absolute atomic E-state index is 0.0153. The molecule has 12 aromatic carbocycles. The molecule has 0 aliphatic rings. The first-order valence-electron chi connectivity index (χ1n) is 29.6. The number of hydrogen-bond acceptors (Lipinski definition) is 21. The van der Waals surface area contributed by atoms with Crippen molar-refractivity contribution in [2.75, 3.05) is 6.26 Å². The normalized spacial score (nSPS) is 11.6. The molecule has 0 radical (unpaired) electrons. The van der Waals surface area contributed by atoms with Crippen molar-refractivity contribution in [3.05, 3.63) is 291 Å². The number of aryl methyl sites for hydroxylation is 1. The number of thiol groups is 2. The molecule has 0 fully saturated rings. The van der Waals surface area contributed by atoms with Gasteiger partial charge in [0.1, 0.15) is 4.90 Å². The molecule has 0 spiro atoms. The minimum atomic E-state index is -4.65. The average molecular weight is 1620 g/mol. The molecule has 514 valence electrons. The second kappa shape index (κ2) is 35.3. The Kier molecular flexibility index (Phi) is 27.0. The molecule has 101 heavy (non-hydrogen) atoms. The van der Waals surface area contributed by atoms with Gasteiger partial charge in [-0.3, -0.25) is 4.55 Å². The Balaban J connectivity index is 0.000000208. The summed E-state index contributed by atoms with van der Waals surface area (Å²) in [6.45, 7) is 1.92. The van der Waals surface area contributed by atoms with Crippen LogP contribution in [-0.2, 0) is 50.2 Å². The van der Waals surface area contributed by atoms with E-state index in [1.54, 1.807) is 155 Å². The smallest absolute Gasteiger partial charge is 0.282 e. The first-order chi connectivity index (χ1) is 48.2. The van der Waals surface area contributed by atoms with Crippen molar-refractivity contribution in [3.8, 4) is 0 Å². The van der Waals surface area contributed by atoms with Gasteiger partial charge in [-0.15, -0.1) is 49.6 Å². The lowest BCUT2D eigenvalue weighted by Crippen LogP contribution is -2.05. The lowest BCUT2D eigenvalue weighted by Gasteiger charge is -2.09. The van der Waals surface area contributed by atoms with Crippen LogP contribution in [0, 0.1) is 6.92 Å². The van der Waals surface area contributed by atoms with E-state index in [1.165, 1.54) is 50.7 Å². The van der Waals surface area contributed by atoms with Gasteiger partial charge >= 0.3 is 10.6 Å². The fraction of sp³-hybridized carbons (Fsp3) is 0.0270. The van der Waals surface area contributed by atoms with Crippen molar-refractivity contribution in [1.82, 2.24) is 0 Å². The van der Waals surface area contributed by atoms with Crippen molar-refractivity contribution in [2.24, 2.45) is 0 Å². The first kappa shape index (κ1) is 77.1. The van der Waals surface area contributed by atoms with Crippen LogP contribution in [0.3, 0.4) is 0 Å². The summed E-state index contributed by atoms with van der Waals surface area (Å²) >= 11 is 21.4. The SMILES string of the molecule is CSc1ccc(Sc2ccc(Sc3ccc(S(=O)(=O)c4ccc(Sc5ccc(Sc6ccc(S)cc6)cc5)cc4)cc3)cc2)cc1.Cc1ccc(S(=O)(=O)c2ccc(Sc3ccc(Sc4ccc(Sc5ccc(S(=O)(=O)c6ccc(S)c(S(=O)(=O)O)c6)cc5)cc4)cc3)cc2)cc1.O=S(=O)=O. The molecule has 27 heteroatoms. The fourth-order valence-electron chi connectivity index (χ4n) is 9.15. The van der Waals surface area contributed by atoms with Crippen molar-refractivity contribution in [2.45, 2.75) is 124 Å². The lowest BCUT2D eigenvalue weighted by atomic mass is 10.2. The molecule has 0 aliphatic heterocycles. The molecular formula is C74H56O12S15. The van der Waals surface area contributed by atoms with Crippen LogP contribution in [0.25, 0.3) is 0 Å². The molecule has 0 saturated heterocycles. The maximum atomic E-state index is 13.4. The number of hydrogen-bond donors (Lipinski definition) is 3. The lowest BCUT2D eigenvalue weighted by molar-refractivity contribution is 0.480. The first-order valence-corrected chi connectivity index (χ1v) is 44.4. The van der Waals surface area contributed by atoms with E-state index in [-0.39, 0.29) is 34.3 Å². The molecule has 0 amide bonds. The maximum Gasteiger partial charge on any atom is 0.425 e. The van der Waals surface area contributed by atoms with Gasteiger partial charge in [-0.1, -0.05) is 100 Å². The van der Waals surface area contributed by atoms with Crippen LogP contribution in [0.1, 0.15) is 5.56 Å². The molecule has 1 N–H and O–H groups in total. The predicted molar refractivity (Wildman–Crippen MR) is 413 cm³/mol. The summed E-state index contributed by atoms with van der Waals surface area (Å²) in [7, 11) is -19.0. The third-order valence-electron chi connectivity index (χ3n) is 14.2. The highest BCUT2D eigenvalue weighted by Crippen LogP contribution is 2.40. The van der Waals surface area contributed by atoms with E-state index < -0.39 is 55.1 Å². The van der Waals surface area contributed by atoms with Crippen molar-refractivity contribution in [3.63, 3.8) is 0 Å². The molecule has 0 unspecified atom stereocenters. The zero-order valence-electron chi connectivity index (χ0n) is 52.8. The number of thioether (sulfide) groups is 1. The second-order valence-corrected chi connectivity index (χ2v) is 38.8. The quantitative estimate of drug-likeness (QED) is 0.0327. The Morgan fingerprint density at radius 1 is 0.277 bits per heavy atom. The van der Waals surface area contributed by atoms with E-state index in [9.17, 15) is 38.2 Å². The number of rotatable bonds is 22. The average Bonchev–Trinajstić information content (AvgIpc) is 0.792. The summed E-state index contributed by atoms with van der Waals surface area (Å²) in [4.78, 5) is 17.1. The van der Waals surface area contributed by atoms with E-state index in [0.717, 1.165) is 75.3 Å². The van der Waals surface area contributed by atoms with Gasteiger partial charge < -0.3 is 0 Å². The summed E-state index contributed by atoms with van der Waals surface area (Å²) in [6, 6.07) is 87.2. The summed E-state index contributed by atoms with van der Waals surface area (Å²) < 4.78 is 137. The minimum Gasteiger partial charge on any atom is -0.282 e. The zero-order valence-corrected chi connectivity index (χ0v) is 65.2. The van der Waals surface area contributed by atoms with E-state index >= 15 is 0 Å². The molecule has 0 atom stereocenters. The highest BCUT2D eigenvalue weighted by atomic mass is 32.2. The van der Waals surface area contributed by atoms with Crippen molar-refractivity contribution >= 4 is 170 Å². The summed E-state index contributed by atoms with van der Waals surface area (Å²) in [5.41, 5.74) is 1.00. The molecule has 0 aliphatic carbocycles. The van der Waals surface area contributed by atoms with Gasteiger partial charge in [0.05, 0.1) is 29.4 Å². The molecular weight excluding hydrogens is 1560 g/mol. The topological polar surface area (TPSA) is 208 Å². The summed E-state index contributed by atoms with van der Waals surface area (Å²) in [5, 5.41) is 0. The zero-order chi connectivity index (χ0) is 71.9. The van der Waals surface area contributed by atoms with Crippen molar-refractivity contribution in [1.29, 1.82) is 0 Å². The van der Waals surface area contributed by atoms with Crippen LogP contribution in [0.15, 0.2) is 403 Å². The Bertz CT molecular complexity index is 5430. The van der Waals surface area contributed by atoms with Gasteiger partial charge in [-0.2, -0.15) is 8.42 Å². The molecule has 0 heterocycles. The molecule has 12 rings (SSSR count). The summed E-state index contributed by atoms with van der Waals surface area (Å²) in [5.74, 6) is 0. The molecule has 12 nitrogen and oxygen atoms in total. The third kappa shape index (κ3) is 22.0. The van der Waals surface area contributed by atoms with E-state index in [1.807, 2.05) is 104 Å². The maximum absolute atomic E-state index is 13.4. The van der Waals surface area contributed by atoms with Crippen LogP contribution >= 0.6 is 119 Å². The van der Waals surface area contributed by atoms with Gasteiger partial charge in [0.25, 0.3) is 10.1 Å². The largest absolute Gasteiger partial charge is 0.425 e. The van der Waals surface area contributed by atoms with Gasteiger partial charge in [0, 0.05) is 83.2 Å². The molecule has 0 aromatic heterocycles. The van der Waals surface area contributed by atoms with Crippen LogP contribution in [0.4, 0.5) is 0 Å². The van der Waals surface area contributed by atoms with E-state index in [0.29, 0.717) is 0 Å². The monoisotopic (exact) mass is 1620 g/mol. The Hall–Kier alpha value is -6.48. The Morgan fingerprint density at radius 3 is 0.673 bits per heavy atom. The standard InChI is InChI=1S/C37H28O7S7.C37H28O2S7.O3S/c1-25-2-16-32(17-3-25)49(38,39)33-18-12-30(13-19-33)47-28-8-4-26(5-9-28)46-27-6-10-29(11-7-27)48-31-14-20-34(21-15-31)50(40,41)35-22-23-36(45)37(24-35)51(42,43)44;1-41-27-6-8-29(9-7-27)43-31-12-16-33(17-13-31)45-35-20-24-37(25-21-35)46(38,39)36-22-18-34(19-23-36)44-32-14-10-30(11-15-32)42-28-4-2-26(40)3-5-28;1-4(2)3/h2-24,45H,1H3,(H,42,43,44);2-25,40H,1H3;. The van der Waals surface area contributed by atoms with Gasteiger partial charge in [-0.05, 0) is 286 Å². The molecule has 12 aromatic rings. The molecule has 0 bridgehead atoms. The van der Waals surface area contributed by atoms with Crippen LogP contribution in [0.5, 0.6) is 0 Å². The van der Waals surface area contributed by atoms with Crippen molar-refractivity contribution < 1.29 is 50.9 Å². The molecule has 0 saturated carbocycles. The second-order valence-electron chi connectivity index (χ2n) is 21.3. The Labute approximate surface area is 635 Å². The van der Waals surface area contributed by atoms with Gasteiger partial charge in [0.2, 0.25) is 29.5 Å². The van der Waals surface area contributed by atoms with E-state index in [2.05, 4.69) is 116 Å². The Morgan fingerprint density at radius 2 is 0.455 bits per heavy atom. The van der Waals surface area contributed by atoms with Crippen LogP contribution in [-0.4, -0.2) is 57.1 Å². The van der Waals surface area contributed by atoms with E-state index in [4.69, 9.17) is 12.6 Å². The number of sulfone groups is 3. The predicted octanol–water partition coefficient (Wildman–Crippen LogP) is 20.8. The van der Waals surface area contributed by atoms with Crippen LogP contribution in [0.2, 0.25) is 0 Å². The highest BCUT2D eigenvalue weighted by Gasteiger charge is 2.24. The summed E-state index contributed by atoms with van der Waals surface area (Å²) in [6.07, 6.45) is 2.08. The van der Waals surface area contributed by atoms with Gasteiger partial charge in [0.15, 0.2) is 0 Å². The fourth-order valence-corrected chi connectivity index (χ4v) is 20.4. The van der Waals surface area contributed by atoms with Gasteiger partial charge in [-0.25, -0.2) is 25.3 Å². The highest BCUT2D eigenvalue weighted by molar-refractivity contribution is 8.01. The third-order valence-corrected chi connectivity index (χ3v) is 29.2. The van der Waals surface area contributed by atoms with Crippen LogP contribution < -0.4 is 0 Å². The number of benzene rings is 12.